The Morgan fingerprint density at radius 3 is 2.14 bits per heavy atom. The van der Waals surface area contributed by atoms with Crippen LogP contribution in [0.3, 0.4) is 0 Å². The summed E-state index contributed by atoms with van der Waals surface area (Å²) in [5.74, 6) is 0.992. The number of hydrogen-bond acceptors (Lipinski definition) is 3. The summed E-state index contributed by atoms with van der Waals surface area (Å²) in [7, 11) is 0. The number of benzene rings is 3. The van der Waals surface area contributed by atoms with Crippen molar-refractivity contribution in [2.24, 2.45) is 0 Å². The third-order valence-electron chi connectivity index (χ3n) is 4.16. The van der Waals surface area contributed by atoms with Gasteiger partial charge in [0.2, 0.25) is 0 Å². The van der Waals surface area contributed by atoms with Gasteiger partial charge in [-0.2, -0.15) is 5.10 Å². The maximum Gasteiger partial charge on any atom is 0.263 e. The predicted octanol–water partition coefficient (Wildman–Crippen LogP) is 4.56. The fourth-order valence-corrected chi connectivity index (χ4v) is 2.83. The van der Waals surface area contributed by atoms with Crippen molar-refractivity contribution in [3.8, 4) is 22.7 Å². The zero-order valence-electron chi connectivity index (χ0n) is 15.2. The molecule has 0 bridgehead atoms. The van der Waals surface area contributed by atoms with Gasteiger partial charge in [0.25, 0.3) is 5.91 Å². The van der Waals surface area contributed by atoms with Crippen molar-refractivity contribution in [2.45, 2.75) is 0 Å². The highest BCUT2D eigenvalue weighted by molar-refractivity contribution is 5.92. The van der Waals surface area contributed by atoms with Crippen molar-refractivity contribution >= 4 is 11.7 Å². The molecule has 1 aromatic heterocycles. The van der Waals surface area contributed by atoms with Gasteiger partial charge in [-0.1, -0.05) is 66.7 Å². The first-order valence-electron chi connectivity index (χ1n) is 8.98. The second-order valence-corrected chi connectivity index (χ2v) is 6.18. The minimum atomic E-state index is -0.249. The van der Waals surface area contributed by atoms with E-state index in [1.54, 1.807) is 4.68 Å². The van der Waals surface area contributed by atoms with Crippen LogP contribution in [0, 0.1) is 0 Å². The molecule has 0 atom stereocenters. The molecule has 5 nitrogen and oxygen atoms in total. The zero-order chi connectivity index (χ0) is 19.2. The fourth-order valence-electron chi connectivity index (χ4n) is 2.83. The van der Waals surface area contributed by atoms with Gasteiger partial charge in [-0.05, 0) is 24.3 Å². The lowest BCUT2D eigenvalue weighted by molar-refractivity contribution is -0.118. The van der Waals surface area contributed by atoms with Gasteiger partial charge >= 0.3 is 0 Å². The summed E-state index contributed by atoms with van der Waals surface area (Å²) < 4.78 is 7.26. The van der Waals surface area contributed by atoms with Crippen LogP contribution in [0.1, 0.15) is 0 Å². The van der Waals surface area contributed by atoms with Gasteiger partial charge in [-0.15, -0.1) is 0 Å². The first-order chi connectivity index (χ1) is 13.8. The number of carbonyl (C=O) groups is 1. The molecule has 0 fully saturated rings. The van der Waals surface area contributed by atoms with E-state index < -0.39 is 0 Å². The van der Waals surface area contributed by atoms with Crippen LogP contribution < -0.4 is 10.1 Å². The van der Waals surface area contributed by atoms with Crippen LogP contribution in [0.25, 0.3) is 16.9 Å². The van der Waals surface area contributed by atoms with Crippen LogP contribution in [-0.4, -0.2) is 22.3 Å². The number of nitrogens with one attached hydrogen (secondary N) is 1. The van der Waals surface area contributed by atoms with E-state index in [9.17, 15) is 4.79 Å². The summed E-state index contributed by atoms with van der Waals surface area (Å²) in [4.78, 5) is 12.4. The van der Waals surface area contributed by atoms with Crippen LogP contribution >= 0.6 is 0 Å². The predicted molar refractivity (Wildman–Crippen MR) is 110 cm³/mol. The lowest BCUT2D eigenvalue weighted by Gasteiger charge is -2.09. The van der Waals surface area contributed by atoms with Crippen LogP contribution in [0.4, 0.5) is 5.82 Å². The highest BCUT2D eigenvalue weighted by Gasteiger charge is 2.14. The Bertz CT molecular complexity index is 1050. The fraction of sp³-hybridized carbons (Fsp3) is 0.0435. The number of para-hydroxylation sites is 2. The summed E-state index contributed by atoms with van der Waals surface area (Å²) in [6.07, 6.45) is 0. The topological polar surface area (TPSA) is 56.1 Å². The molecule has 0 saturated carbocycles. The Morgan fingerprint density at radius 1 is 0.857 bits per heavy atom. The van der Waals surface area contributed by atoms with Gasteiger partial charge in [0, 0.05) is 11.6 Å². The summed E-state index contributed by atoms with van der Waals surface area (Å²) in [6.45, 7) is -0.0787. The second-order valence-electron chi connectivity index (χ2n) is 6.18. The van der Waals surface area contributed by atoms with Crippen molar-refractivity contribution in [3.05, 3.63) is 97.1 Å². The Kier molecular flexibility index (Phi) is 5.15. The highest BCUT2D eigenvalue weighted by Crippen LogP contribution is 2.24. The number of rotatable bonds is 6. The molecule has 1 heterocycles. The van der Waals surface area contributed by atoms with E-state index in [0.29, 0.717) is 11.6 Å². The summed E-state index contributed by atoms with van der Waals surface area (Å²) in [5, 5.41) is 7.59. The molecule has 28 heavy (non-hydrogen) atoms. The van der Waals surface area contributed by atoms with E-state index in [1.165, 1.54) is 0 Å². The molecule has 0 spiro atoms. The third-order valence-corrected chi connectivity index (χ3v) is 4.16. The SMILES string of the molecule is O=C(COc1ccccc1)Nc1cc(-c2ccccc2)nn1-c1ccccc1. The molecule has 138 valence electrons. The van der Waals surface area contributed by atoms with Crippen molar-refractivity contribution in [3.63, 3.8) is 0 Å². The molecular formula is C23H19N3O2. The molecule has 4 aromatic rings. The molecule has 0 radical (unpaired) electrons. The normalized spacial score (nSPS) is 10.4. The minimum absolute atomic E-state index is 0.0787. The molecular weight excluding hydrogens is 350 g/mol. The van der Waals surface area contributed by atoms with Crippen molar-refractivity contribution in [2.75, 3.05) is 11.9 Å². The molecule has 1 amide bonds. The summed E-state index contributed by atoms with van der Waals surface area (Å²) in [6, 6.07) is 30.7. The van der Waals surface area contributed by atoms with E-state index in [1.807, 2.05) is 97.1 Å². The molecule has 5 heteroatoms. The van der Waals surface area contributed by atoms with E-state index >= 15 is 0 Å². The van der Waals surface area contributed by atoms with Gasteiger partial charge in [0.1, 0.15) is 11.6 Å². The number of amides is 1. The molecule has 3 aromatic carbocycles. The van der Waals surface area contributed by atoms with Crippen molar-refractivity contribution in [1.29, 1.82) is 0 Å². The molecule has 1 N–H and O–H groups in total. The summed E-state index contributed by atoms with van der Waals surface area (Å²) in [5.41, 5.74) is 2.63. The lowest BCUT2D eigenvalue weighted by Crippen LogP contribution is -2.21. The quantitative estimate of drug-likeness (QED) is 0.542. The highest BCUT2D eigenvalue weighted by atomic mass is 16.5. The Hall–Kier alpha value is -3.86. The van der Waals surface area contributed by atoms with Gasteiger partial charge in [-0.3, -0.25) is 4.79 Å². The molecule has 4 rings (SSSR count). The lowest BCUT2D eigenvalue weighted by atomic mass is 10.2. The smallest absolute Gasteiger partial charge is 0.263 e. The average molecular weight is 369 g/mol. The number of nitrogens with zero attached hydrogens (tertiary/aromatic N) is 2. The standard InChI is InChI=1S/C23H19N3O2/c27-23(17-28-20-14-8-3-9-15-20)24-22-16-21(18-10-4-1-5-11-18)25-26(22)19-12-6-2-7-13-19/h1-16H,17H2,(H,24,27). The Morgan fingerprint density at radius 2 is 1.46 bits per heavy atom. The van der Waals surface area contributed by atoms with Crippen LogP contribution in [-0.2, 0) is 4.79 Å². The van der Waals surface area contributed by atoms with E-state index in [4.69, 9.17) is 4.74 Å². The maximum absolute atomic E-state index is 12.4. The Balaban J connectivity index is 1.58. The molecule has 0 aliphatic heterocycles. The van der Waals surface area contributed by atoms with E-state index in [-0.39, 0.29) is 12.5 Å². The first-order valence-corrected chi connectivity index (χ1v) is 8.98. The maximum atomic E-state index is 12.4. The van der Waals surface area contributed by atoms with E-state index in [2.05, 4.69) is 10.4 Å². The van der Waals surface area contributed by atoms with Gasteiger partial charge < -0.3 is 10.1 Å². The molecule has 0 unspecified atom stereocenters. The van der Waals surface area contributed by atoms with Crippen LogP contribution in [0.2, 0.25) is 0 Å². The summed E-state index contributed by atoms with van der Waals surface area (Å²) >= 11 is 0. The minimum Gasteiger partial charge on any atom is -0.484 e. The third kappa shape index (κ3) is 4.10. The van der Waals surface area contributed by atoms with E-state index in [0.717, 1.165) is 16.9 Å². The zero-order valence-corrected chi connectivity index (χ0v) is 15.2. The number of hydrogen-bond donors (Lipinski definition) is 1. The molecule has 0 aliphatic rings. The average Bonchev–Trinajstić information content (AvgIpc) is 3.18. The molecule has 0 saturated heterocycles. The van der Waals surface area contributed by atoms with Crippen LogP contribution in [0.5, 0.6) is 5.75 Å². The van der Waals surface area contributed by atoms with Crippen LogP contribution in [0.15, 0.2) is 97.1 Å². The van der Waals surface area contributed by atoms with Crippen molar-refractivity contribution < 1.29 is 9.53 Å². The second kappa shape index (κ2) is 8.22. The van der Waals surface area contributed by atoms with Gasteiger partial charge in [0.15, 0.2) is 6.61 Å². The van der Waals surface area contributed by atoms with Gasteiger partial charge in [-0.25, -0.2) is 4.68 Å². The number of carbonyl (C=O) groups excluding carboxylic acids is 1. The number of aromatic nitrogens is 2. The Labute approximate surface area is 163 Å². The first kappa shape index (κ1) is 17.5. The monoisotopic (exact) mass is 369 g/mol. The van der Waals surface area contributed by atoms with Gasteiger partial charge in [0.05, 0.1) is 11.4 Å². The van der Waals surface area contributed by atoms with Crippen molar-refractivity contribution in [1.82, 2.24) is 9.78 Å². The number of ether oxygens (including phenoxy) is 1. The largest absolute Gasteiger partial charge is 0.484 e. The molecule has 0 aliphatic carbocycles. The number of anilines is 1.